The van der Waals surface area contributed by atoms with E-state index in [9.17, 15) is 9.90 Å². The normalized spacial score (nSPS) is 18.7. The zero-order valence-electron chi connectivity index (χ0n) is 12.2. The smallest absolute Gasteiger partial charge is 0.304 e. The molecule has 3 rings (SSSR count). The maximum absolute atomic E-state index is 11.2. The highest BCUT2D eigenvalue weighted by atomic mass is 35.5. The predicted octanol–water partition coefficient (Wildman–Crippen LogP) is 3.74. The van der Waals surface area contributed by atoms with Gasteiger partial charge in [0.25, 0.3) is 0 Å². The van der Waals surface area contributed by atoms with E-state index in [4.69, 9.17) is 21.1 Å². The maximum atomic E-state index is 11.2. The van der Waals surface area contributed by atoms with E-state index in [0.717, 1.165) is 29.7 Å². The number of rotatable bonds is 4. The van der Waals surface area contributed by atoms with Crippen molar-refractivity contribution in [1.29, 1.82) is 0 Å². The lowest BCUT2D eigenvalue weighted by molar-refractivity contribution is -0.137. The van der Waals surface area contributed by atoms with Crippen LogP contribution in [-0.2, 0) is 10.2 Å². The van der Waals surface area contributed by atoms with Crippen molar-refractivity contribution in [3.8, 4) is 11.5 Å². The number of carboxylic acid groups (broad SMARTS) is 1. The Kier molecular flexibility index (Phi) is 3.52. The fourth-order valence-electron chi connectivity index (χ4n) is 3.22. The molecule has 4 nitrogen and oxygen atoms in total. The Hall–Kier alpha value is -1.42. The van der Waals surface area contributed by atoms with Gasteiger partial charge in [0, 0.05) is 22.1 Å². The second kappa shape index (κ2) is 5.09. The summed E-state index contributed by atoms with van der Waals surface area (Å²) < 4.78 is 11.4. The van der Waals surface area contributed by atoms with E-state index in [0.29, 0.717) is 24.0 Å². The zero-order chi connectivity index (χ0) is 15.2. The molecule has 1 saturated carbocycles. The quantitative estimate of drug-likeness (QED) is 0.920. The van der Waals surface area contributed by atoms with Crippen LogP contribution in [0.2, 0.25) is 5.02 Å². The molecule has 1 aromatic carbocycles. The highest BCUT2D eigenvalue weighted by molar-refractivity contribution is 6.32. The summed E-state index contributed by atoms with van der Waals surface area (Å²) in [6, 6.07) is 1.78. The molecular formula is C16H19ClO4. The zero-order valence-corrected chi connectivity index (χ0v) is 13.0. The van der Waals surface area contributed by atoms with Crippen molar-refractivity contribution in [2.24, 2.45) is 0 Å². The third kappa shape index (κ3) is 2.46. The summed E-state index contributed by atoms with van der Waals surface area (Å²) in [5.41, 5.74) is 1.63. The molecule has 0 aromatic heterocycles. The molecule has 0 unspecified atom stereocenters. The van der Waals surface area contributed by atoms with Gasteiger partial charge in [-0.15, -0.1) is 0 Å². The number of carbonyl (C=O) groups is 1. The lowest BCUT2D eigenvalue weighted by Crippen LogP contribution is -2.21. The SMILES string of the molecule is CC(C)c1c2c(cc(Cl)c1C1(CC(=O)O)CC1)OCCO2. The molecule has 21 heavy (non-hydrogen) atoms. The fourth-order valence-corrected chi connectivity index (χ4v) is 3.63. The summed E-state index contributed by atoms with van der Waals surface area (Å²) in [6.07, 6.45) is 1.84. The number of hydrogen-bond acceptors (Lipinski definition) is 3. The molecule has 1 aromatic rings. The van der Waals surface area contributed by atoms with Gasteiger partial charge in [0.15, 0.2) is 11.5 Å². The summed E-state index contributed by atoms with van der Waals surface area (Å²) in [7, 11) is 0. The first-order valence-corrected chi connectivity index (χ1v) is 7.67. The van der Waals surface area contributed by atoms with Crippen LogP contribution >= 0.6 is 11.6 Å². The van der Waals surface area contributed by atoms with E-state index in [-0.39, 0.29) is 17.8 Å². The Morgan fingerprint density at radius 1 is 1.38 bits per heavy atom. The number of fused-ring (bicyclic) bond motifs is 1. The number of hydrogen-bond donors (Lipinski definition) is 1. The van der Waals surface area contributed by atoms with Crippen LogP contribution in [0.25, 0.3) is 0 Å². The molecule has 5 heteroatoms. The second-order valence-corrected chi connectivity index (χ2v) is 6.58. The van der Waals surface area contributed by atoms with Crippen molar-refractivity contribution in [3.05, 3.63) is 22.2 Å². The van der Waals surface area contributed by atoms with Crippen LogP contribution in [0.4, 0.5) is 0 Å². The molecule has 1 fully saturated rings. The van der Waals surface area contributed by atoms with Gasteiger partial charge >= 0.3 is 5.97 Å². The predicted molar refractivity (Wildman–Crippen MR) is 79.7 cm³/mol. The number of aliphatic carboxylic acids is 1. The van der Waals surface area contributed by atoms with Crippen LogP contribution in [0.5, 0.6) is 11.5 Å². The summed E-state index contributed by atoms with van der Waals surface area (Å²) in [4.78, 5) is 11.2. The molecule has 0 radical (unpaired) electrons. The lowest BCUT2D eigenvalue weighted by atomic mass is 9.83. The van der Waals surface area contributed by atoms with Gasteiger partial charge in [0.1, 0.15) is 13.2 Å². The minimum Gasteiger partial charge on any atom is -0.486 e. The monoisotopic (exact) mass is 310 g/mol. The molecule has 0 spiro atoms. The van der Waals surface area contributed by atoms with Gasteiger partial charge in [-0.3, -0.25) is 4.79 Å². The van der Waals surface area contributed by atoms with Crippen LogP contribution in [0, 0.1) is 0 Å². The first-order valence-electron chi connectivity index (χ1n) is 7.29. The highest BCUT2D eigenvalue weighted by Crippen LogP contribution is 2.58. The summed E-state index contributed by atoms with van der Waals surface area (Å²) >= 11 is 6.49. The molecule has 1 aliphatic heterocycles. The molecule has 1 aliphatic carbocycles. The third-order valence-electron chi connectivity index (χ3n) is 4.27. The number of benzene rings is 1. The molecule has 0 amide bonds. The van der Waals surface area contributed by atoms with Gasteiger partial charge in [0.05, 0.1) is 6.42 Å². The minimum absolute atomic E-state index is 0.117. The molecule has 1 heterocycles. The summed E-state index contributed by atoms with van der Waals surface area (Å²) in [5, 5.41) is 9.81. The highest BCUT2D eigenvalue weighted by Gasteiger charge is 2.49. The van der Waals surface area contributed by atoms with Crippen molar-refractivity contribution in [2.45, 2.75) is 44.4 Å². The Labute approximate surface area is 129 Å². The van der Waals surface area contributed by atoms with Crippen LogP contribution < -0.4 is 9.47 Å². The van der Waals surface area contributed by atoms with Crippen molar-refractivity contribution in [3.63, 3.8) is 0 Å². The number of halogens is 1. The number of ether oxygens (including phenoxy) is 2. The van der Waals surface area contributed by atoms with E-state index in [1.54, 1.807) is 6.07 Å². The van der Waals surface area contributed by atoms with Gasteiger partial charge < -0.3 is 14.6 Å². The van der Waals surface area contributed by atoms with Gasteiger partial charge in [-0.25, -0.2) is 0 Å². The average Bonchev–Trinajstić information content (AvgIpc) is 3.16. The summed E-state index contributed by atoms with van der Waals surface area (Å²) in [6.45, 7) is 5.18. The average molecular weight is 311 g/mol. The van der Waals surface area contributed by atoms with Gasteiger partial charge in [-0.05, 0) is 24.3 Å². The Bertz CT molecular complexity index is 590. The molecule has 114 valence electrons. The lowest BCUT2D eigenvalue weighted by Gasteiger charge is -2.28. The van der Waals surface area contributed by atoms with E-state index in [1.165, 1.54) is 0 Å². The molecule has 1 N–H and O–H groups in total. The first-order chi connectivity index (χ1) is 9.94. The van der Waals surface area contributed by atoms with Crippen LogP contribution in [0.15, 0.2) is 6.07 Å². The molecule has 0 atom stereocenters. The maximum Gasteiger partial charge on any atom is 0.304 e. The van der Waals surface area contributed by atoms with E-state index < -0.39 is 5.97 Å². The van der Waals surface area contributed by atoms with E-state index >= 15 is 0 Å². The van der Waals surface area contributed by atoms with Crippen LogP contribution in [0.3, 0.4) is 0 Å². The molecule has 0 bridgehead atoms. The minimum atomic E-state index is -0.784. The topological polar surface area (TPSA) is 55.8 Å². The van der Waals surface area contributed by atoms with Crippen LogP contribution in [-0.4, -0.2) is 24.3 Å². The van der Waals surface area contributed by atoms with Crippen LogP contribution in [0.1, 0.15) is 50.2 Å². The standard InChI is InChI=1S/C16H19ClO4/c1-9(2)13-14(16(3-4-16)8-12(18)19)10(17)7-11-15(13)21-6-5-20-11/h7,9H,3-6,8H2,1-2H3,(H,18,19). The number of carboxylic acids is 1. The Morgan fingerprint density at radius 3 is 2.62 bits per heavy atom. The summed E-state index contributed by atoms with van der Waals surface area (Å²) in [5.74, 6) is 0.825. The van der Waals surface area contributed by atoms with Gasteiger partial charge in [-0.1, -0.05) is 25.4 Å². The van der Waals surface area contributed by atoms with E-state index in [2.05, 4.69) is 13.8 Å². The largest absolute Gasteiger partial charge is 0.486 e. The van der Waals surface area contributed by atoms with Crippen molar-refractivity contribution in [2.75, 3.05) is 13.2 Å². The van der Waals surface area contributed by atoms with E-state index in [1.807, 2.05) is 0 Å². The fraction of sp³-hybridized carbons (Fsp3) is 0.562. The molecule has 2 aliphatic rings. The molecule has 0 saturated heterocycles. The molecular weight excluding hydrogens is 292 g/mol. The van der Waals surface area contributed by atoms with Crippen molar-refractivity contribution >= 4 is 17.6 Å². The van der Waals surface area contributed by atoms with Crippen molar-refractivity contribution < 1.29 is 19.4 Å². The first kappa shape index (κ1) is 14.5. The second-order valence-electron chi connectivity index (χ2n) is 6.18. The van der Waals surface area contributed by atoms with Gasteiger partial charge in [-0.2, -0.15) is 0 Å². The third-order valence-corrected chi connectivity index (χ3v) is 4.57. The Balaban J connectivity index is 2.18. The van der Waals surface area contributed by atoms with Crippen molar-refractivity contribution in [1.82, 2.24) is 0 Å². The van der Waals surface area contributed by atoms with Gasteiger partial charge in [0.2, 0.25) is 0 Å². The Morgan fingerprint density at radius 2 is 2.05 bits per heavy atom.